The van der Waals surface area contributed by atoms with Gasteiger partial charge < -0.3 is 9.64 Å². The van der Waals surface area contributed by atoms with Crippen molar-refractivity contribution in [1.82, 2.24) is 4.98 Å². The monoisotopic (exact) mass is 308 g/mol. The number of aromatic nitrogens is 1. The molecule has 3 nitrogen and oxygen atoms in total. The fourth-order valence-electron chi connectivity index (χ4n) is 2.23. The first-order valence-electron chi connectivity index (χ1n) is 6.46. The van der Waals surface area contributed by atoms with Gasteiger partial charge in [0, 0.05) is 25.2 Å². The minimum Gasteiger partial charge on any atom is -0.377 e. The SMILES string of the molecule is FC(F)(F)c1ccnc(N2CCC(OCCCl)CC2)c1. The molecule has 20 heavy (non-hydrogen) atoms. The van der Waals surface area contributed by atoms with Crippen LogP contribution in [-0.4, -0.2) is 36.7 Å². The number of ether oxygens (including phenoxy) is 1. The molecule has 112 valence electrons. The van der Waals surface area contributed by atoms with Crippen molar-refractivity contribution in [1.29, 1.82) is 0 Å². The van der Waals surface area contributed by atoms with Gasteiger partial charge in [-0.1, -0.05) is 0 Å². The maximum Gasteiger partial charge on any atom is 0.416 e. The molecule has 2 heterocycles. The molecule has 0 N–H and O–H groups in total. The lowest BCUT2D eigenvalue weighted by molar-refractivity contribution is -0.137. The van der Waals surface area contributed by atoms with Crippen LogP contribution in [-0.2, 0) is 10.9 Å². The second kappa shape index (κ2) is 6.63. The van der Waals surface area contributed by atoms with Crippen LogP contribution >= 0.6 is 11.6 Å². The molecule has 1 aromatic heterocycles. The summed E-state index contributed by atoms with van der Waals surface area (Å²) in [5.41, 5.74) is -0.664. The molecule has 1 saturated heterocycles. The largest absolute Gasteiger partial charge is 0.416 e. The van der Waals surface area contributed by atoms with Crippen LogP contribution in [0.4, 0.5) is 19.0 Å². The van der Waals surface area contributed by atoms with Crippen molar-refractivity contribution < 1.29 is 17.9 Å². The van der Waals surface area contributed by atoms with E-state index in [0.29, 0.717) is 31.4 Å². The van der Waals surface area contributed by atoms with E-state index in [1.807, 2.05) is 4.90 Å². The molecule has 1 fully saturated rings. The molecule has 0 aromatic carbocycles. The fraction of sp³-hybridized carbons (Fsp3) is 0.615. The van der Waals surface area contributed by atoms with Gasteiger partial charge in [0.25, 0.3) is 0 Å². The summed E-state index contributed by atoms with van der Waals surface area (Å²) in [4.78, 5) is 5.88. The molecule has 1 aliphatic heterocycles. The smallest absolute Gasteiger partial charge is 0.377 e. The predicted octanol–water partition coefficient (Wildman–Crippen LogP) is 3.32. The number of halogens is 4. The summed E-state index contributed by atoms with van der Waals surface area (Å²) in [6.07, 6.45) is -1.45. The Labute approximate surface area is 120 Å². The number of alkyl halides is 4. The number of piperidine rings is 1. The lowest BCUT2D eigenvalue weighted by Gasteiger charge is -2.32. The van der Waals surface area contributed by atoms with Gasteiger partial charge in [0.05, 0.1) is 18.3 Å². The van der Waals surface area contributed by atoms with Crippen molar-refractivity contribution in [2.45, 2.75) is 25.1 Å². The number of hydrogen-bond donors (Lipinski definition) is 0. The van der Waals surface area contributed by atoms with E-state index in [1.54, 1.807) is 0 Å². The van der Waals surface area contributed by atoms with Gasteiger partial charge in [-0.15, -0.1) is 11.6 Å². The molecule has 0 amide bonds. The van der Waals surface area contributed by atoms with Gasteiger partial charge in [-0.2, -0.15) is 13.2 Å². The molecule has 1 aliphatic rings. The number of hydrogen-bond acceptors (Lipinski definition) is 3. The van der Waals surface area contributed by atoms with Crippen LogP contribution in [0.25, 0.3) is 0 Å². The van der Waals surface area contributed by atoms with Gasteiger partial charge in [0.2, 0.25) is 0 Å². The summed E-state index contributed by atoms with van der Waals surface area (Å²) in [5.74, 6) is 0.825. The van der Waals surface area contributed by atoms with Gasteiger partial charge in [-0.25, -0.2) is 4.98 Å². The Hall–Kier alpha value is -1.01. The van der Waals surface area contributed by atoms with Crippen molar-refractivity contribution in [3.63, 3.8) is 0 Å². The van der Waals surface area contributed by atoms with Crippen LogP contribution in [0.15, 0.2) is 18.3 Å². The van der Waals surface area contributed by atoms with Gasteiger partial charge in [0.15, 0.2) is 0 Å². The molecule has 0 unspecified atom stereocenters. The molecule has 0 bridgehead atoms. The lowest BCUT2D eigenvalue weighted by Crippen LogP contribution is -2.37. The zero-order valence-electron chi connectivity index (χ0n) is 10.9. The molecule has 0 radical (unpaired) electrons. The Morgan fingerprint density at radius 2 is 2.05 bits per heavy atom. The topological polar surface area (TPSA) is 25.4 Å². The molecule has 0 saturated carbocycles. The molecule has 2 rings (SSSR count). The van der Waals surface area contributed by atoms with E-state index in [-0.39, 0.29) is 6.10 Å². The lowest BCUT2D eigenvalue weighted by atomic mass is 10.1. The summed E-state index contributed by atoms with van der Waals surface area (Å²) in [7, 11) is 0. The summed E-state index contributed by atoms with van der Waals surface area (Å²) in [5, 5.41) is 0. The van der Waals surface area contributed by atoms with E-state index >= 15 is 0 Å². The van der Waals surface area contributed by atoms with Gasteiger partial charge in [-0.3, -0.25) is 0 Å². The van der Waals surface area contributed by atoms with Crippen LogP contribution < -0.4 is 4.90 Å². The first kappa shape index (κ1) is 15.4. The highest BCUT2D eigenvalue weighted by molar-refractivity contribution is 6.17. The highest BCUT2D eigenvalue weighted by Gasteiger charge is 2.31. The number of anilines is 1. The van der Waals surface area contributed by atoms with E-state index in [2.05, 4.69) is 4.98 Å². The highest BCUT2D eigenvalue weighted by atomic mass is 35.5. The number of pyridine rings is 1. The van der Waals surface area contributed by atoms with Crippen molar-refractivity contribution in [3.8, 4) is 0 Å². The fourth-order valence-corrected chi connectivity index (χ4v) is 2.32. The first-order valence-corrected chi connectivity index (χ1v) is 7.00. The summed E-state index contributed by atoms with van der Waals surface area (Å²) >= 11 is 5.55. The van der Waals surface area contributed by atoms with Crippen molar-refractivity contribution in [3.05, 3.63) is 23.9 Å². The zero-order chi connectivity index (χ0) is 14.6. The molecule has 0 aliphatic carbocycles. The number of nitrogens with zero attached hydrogens (tertiary/aromatic N) is 2. The molecule has 1 aromatic rings. The molecule has 0 spiro atoms. The first-order chi connectivity index (χ1) is 9.50. The van der Waals surface area contributed by atoms with Gasteiger partial charge >= 0.3 is 6.18 Å². The molecular weight excluding hydrogens is 293 g/mol. The van der Waals surface area contributed by atoms with Gasteiger partial charge in [0.1, 0.15) is 5.82 Å². The standard InChI is InChI=1S/C13H16ClF3N2O/c14-4-8-20-11-2-6-19(7-3-11)12-9-10(1-5-18-12)13(15,16)17/h1,5,9,11H,2-4,6-8H2. The maximum atomic E-state index is 12.7. The second-order valence-corrected chi connectivity index (χ2v) is 5.02. The van der Waals surface area contributed by atoms with E-state index in [0.717, 1.165) is 25.0 Å². The van der Waals surface area contributed by atoms with E-state index in [4.69, 9.17) is 16.3 Å². The van der Waals surface area contributed by atoms with Crippen LogP contribution in [0.1, 0.15) is 18.4 Å². The van der Waals surface area contributed by atoms with Crippen LogP contribution in [0, 0.1) is 0 Å². The van der Waals surface area contributed by atoms with Crippen molar-refractivity contribution in [2.24, 2.45) is 0 Å². The minimum absolute atomic E-state index is 0.135. The van der Waals surface area contributed by atoms with E-state index < -0.39 is 11.7 Å². The maximum absolute atomic E-state index is 12.7. The summed E-state index contributed by atoms with van der Waals surface area (Å²) in [6, 6.07) is 2.08. The van der Waals surface area contributed by atoms with Crippen molar-refractivity contribution >= 4 is 17.4 Å². The van der Waals surface area contributed by atoms with Crippen LogP contribution in [0.5, 0.6) is 0 Å². The average Bonchev–Trinajstić information content (AvgIpc) is 2.45. The normalized spacial score (nSPS) is 17.5. The Morgan fingerprint density at radius 3 is 2.65 bits per heavy atom. The molecular formula is C13H16ClF3N2O. The Bertz CT molecular complexity index is 434. The minimum atomic E-state index is -4.33. The average molecular weight is 309 g/mol. The predicted molar refractivity (Wildman–Crippen MR) is 71.1 cm³/mol. The number of rotatable bonds is 4. The van der Waals surface area contributed by atoms with Crippen LogP contribution in [0.3, 0.4) is 0 Å². The van der Waals surface area contributed by atoms with E-state index in [9.17, 15) is 13.2 Å². The van der Waals surface area contributed by atoms with E-state index in [1.165, 1.54) is 6.20 Å². The second-order valence-electron chi connectivity index (χ2n) is 4.65. The third kappa shape index (κ3) is 3.99. The van der Waals surface area contributed by atoms with Gasteiger partial charge in [-0.05, 0) is 25.0 Å². The third-order valence-electron chi connectivity index (χ3n) is 3.27. The zero-order valence-corrected chi connectivity index (χ0v) is 11.6. The van der Waals surface area contributed by atoms with Crippen molar-refractivity contribution in [2.75, 3.05) is 30.5 Å². The Kier molecular flexibility index (Phi) is 5.10. The third-order valence-corrected chi connectivity index (χ3v) is 3.42. The summed E-state index contributed by atoms with van der Waals surface area (Å²) in [6.45, 7) is 1.79. The Morgan fingerprint density at radius 1 is 1.35 bits per heavy atom. The van der Waals surface area contributed by atoms with Crippen LogP contribution in [0.2, 0.25) is 0 Å². The molecule has 7 heteroatoms. The Balaban J connectivity index is 1.97. The molecule has 0 atom stereocenters. The quantitative estimate of drug-likeness (QED) is 0.798. The summed E-state index contributed by atoms with van der Waals surface area (Å²) < 4.78 is 43.5. The highest BCUT2D eigenvalue weighted by Crippen LogP contribution is 2.31.